The molecule has 121 valence electrons. The molecule has 0 fully saturated rings. The molecule has 1 aromatic heterocycles. The van der Waals surface area contributed by atoms with Crippen LogP contribution in [-0.4, -0.2) is 67.1 Å². The normalized spacial score (nSPS) is 10.9. The predicted octanol–water partition coefficient (Wildman–Crippen LogP) is 0.656. The minimum atomic E-state index is -4.64. The van der Waals surface area contributed by atoms with Gasteiger partial charge < -0.3 is 19.2 Å². The Labute approximate surface area is 155 Å². The molecule has 1 heterocycles. The van der Waals surface area contributed by atoms with Gasteiger partial charge in [0, 0.05) is 66.2 Å². The third-order valence-corrected chi connectivity index (χ3v) is 3.41. The van der Waals surface area contributed by atoms with E-state index in [1.807, 2.05) is 0 Å². The maximum absolute atomic E-state index is 10.9. The molecule has 0 unspecified atom stereocenters. The molecule has 0 saturated carbocycles. The van der Waals surface area contributed by atoms with Crippen molar-refractivity contribution in [2.45, 2.75) is 13.3 Å². The fourth-order valence-corrected chi connectivity index (χ4v) is 2.46. The van der Waals surface area contributed by atoms with Crippen LogP contribution in [0.5, 0.6) is 11.5 Å². The molecule has 2 rings (SSSR count). The second kappa shape index (κ2) is 8.02. The van der Waals surface area contributed by atoms with Crippen molar-refractivity contribution in [1.29, 1.82) is 0 Å². The topological polar surface area (TPSA) is 118 Å². The van der Waals surface area contributed by atoms with Gasteiger partial charge in [0.15, 0.2) is 11.5 Å². The fourth-order valence-electron chi connectivity index (χ4n) is 2.11. The third kappa shape index (κ3) is 5.40. The van der Waals surface area contributed by atoms with Gasteiger partial charge in [0.2, 0.25) is 5.91 Å². The second-order valence-electron chi connectivity index (χ2n) is 4.61. The summed E-state index contributed by atoms with van der Waals surface area (Å²) in [5.74, 6) is -0.0560. The molecular weight excluding hydrogens is 335 g/mol. The summed E-state index contributed by atoms with van der Waals surface area (Å²) in [6.07, 6.45) is 2.35. The van der Waals surface area contributed by atoms with E-state index in [2.05, 4.69) is 14.5 Å². The van der Waals surface area contributed by atoms with Crippen molar-refractivity contribution in [2.24, 2.45) is 0 Å². The summed E-state index contributed by atoms with van der Waals surface area (Å²) in [5.41, 5.74) is 1.55. The van der Waals surface area contributed by atoms with Gasteiger partial charge in [0.25, 0.3) is 0 Å². The van der Waals surface area contributed by atoms with Crippen LogP contribution >= 0.6 is 0 Å². The molecule has 0 atom stereocenters. The van der Waals surface area contributed by atoms with Crippen molar-refractivity contribution >= 4 is 56.8 Å². The molecular formula is C13H16N2NaO6S. The van der Waals surface area contributed by atoms with Crippen molar-refractivity contribution in [3.05, 3.63) is 23.9 Å². The predicted molar refractivity (Wildman–Crippen MR) is 85.2 cm³/mol. The minimum absolute atomic E-state index is 0. The maximum atomic E-state index is 10.9. The van der Waals surface area contributed by atoms with Crippen LogP contribution in [-0.2, 0) is 21.6 Å². The second-order valence-corrected chi connectivity index (χ2v) is 5.63. The van der Waals surface area contributed by atoms with Crippen molar-refractivity contribution in [1.82, 2.24) is 10.3 Å². The minimum Gasteiger partial charge on any atom is -0.493 e. The average Bonchev–Trinajstić information content (AvgIpc) is 2.78. The van der Waals surface area contributed by atoms with E-state index in [0.29, 0.717) is 18.5 Å². The molecule has 1 radical (unpaired) electrons. The van der Waals surface area contributed by atoms with Gasteiger partial charge in [-0.15, -0.1) is 0 Å². The van der Waals surface area contributed by atoms with Crippen molar-refractivity contribution in [3.8, 4) is 11.5 Å². The first kappa shape index (κ1) is 19.8. The van der Waals surface area contributed by atoms with Crippen LogP contribution < -0.4 is 14.2 Å². The molecule has 1 aromatic carbocycles. The summed E-state index contributed by atoms with van der Waals surface area (Å²) in [5, 5.41) is 3.51. The van der Waals surface area contributed by atoms with E-state index in [4.69, 9.17) is 9.29 Å². The molecule has 10 heteroatoms. The van der Waals surface area contributed by atoms with Crippen LogP contribution in [0.1, 0.15) is 12.5 Å². The maximum Gasteiger partial charge on any atom is 0.446 e. The quantitative estimate of drug-likeness (QED) is 0.520. The Bertz CT molecular complexity index is 802. The third-order valence-electron chi connectivity index (χ3n) is 3.02. The number of nitrogens with one attached hydrogen (secondary N) is 2. The Morgan fingerprint density at radius 3 is 2.61 bits per heavy atom. The van der Waals surface area contributed by atoms with Crippen LogP contribution in [0.4, 0.5) is 0 Å². The molecule has 2 aromatic rings. The molecule has 0 saturated heterocycles. The smallest absolute Gasteiger partial charge is 0.446 e. The number of hydrogen-bond donors (Lipinski definition) is 3. The van der Waals surface area contributed by atoms with Gasteiger partial charge in [-0.1, -0.05) is 0 Å². The molecule has 3 N–H and O–H groups in total. The molecule has 0 aliphatic heterocycles. The fraction of sp³-hybridized carbons (Fsp3) is 0.308. The molecule has 0 aliphatic rings. The van der Waals surface area contributed by atoms with Crippen LogP contribution in [0.15, 0.2) is 18.3 Å². The van der Waals surface area contributed by atoms with Gasteiger partial charge in [-0.05, 0) is 18.1 Å². The number of amides is 1. The number of ether oxygens (including phenoxy) is 1. The van der Waals surface area contributed by atoms with Gasteiger partial charge in [-0.25, -0.2) is 0 Å². The molecule has 0 aliphatic carbocycles. The number of hydrogen-bond acceptors (Lipinski definition) is 5. The number of benzene rings is 1. The Kier molecular flexibility index (Phi) is 6.90. The number of carbonyl (C=O) groups is 1. The number of rotatable bonds is 6. The summed E-state index contributed by atoms with van der Waals surface area (Å²) in [6.45, 7) is 1.92. The van der Waals surface area contributed by atoms with E-state index in [9.17, 15) is 13.2 Å². The average molecular weight is 351 g/mol. The van der Waals surface area contributed by atoms with Gasteiger partial charge in [0.05, 0.1) is 7.11 Å². The molecule has 0 spiro atoms. The van der Waals surface area contributed by atoms with Crippen LogP contribution in [0.25, 0.3) is 10.9 Å². The van der Waals surface area contributed by atoms with E-state index in [-0.39, 0.29) is 47.0 Å². The zero-order chi connectivity index (χ0) is 16.3. The number of carbonyl (C=O) groups excluding carboxylic acids is 1. The van der Waals surface area contributed by atoms with E-state index >= 15 is 0 Å². The molecule has 23 heavy (non-hydrogen) atoms. The van der Waals surface area contributed by atoms with E-state index < -0.39 is 10.4 Å². The molecule has 8 nitrogen and oxygen atoms in total. The monoisotopic (exact) mass is 351 g/mol. The number of aromatic nitrogens is 1. The van der Waals surface area contributed by atoms with E-state index in [0.717, 1.165) is 10.9 Å². The van der Waals surface area contributed by atoms with Crippen LogP contribution in [0.3, 0.4) is 0 Å². The number of fused-ring (bicyclic) bond motifs is 1. The molecule has 1 amide bonds. The number of H-pyrrole nitrogens is 1. The number of aromatic amines is 1. The first-order valence-electron chi connectivity index (χ1n) is 6.39. The summed E-state index contributed by atoms with van der Waals surface area (Å²) in [7, 11) is -3.27. The standard InChI is InChI=1S/C13H16N2O6S.Na/c1-8(16)14-4-3-9-7-15-11-6-13(21-22(17,18)19)12(20-2)5-10(9)11;/h5-7,15H,3-4H2,1-2H3,(H,14,16)(H,17,18,19);. The summed E-state index contributed by atoms with van der Waals surface area (Å²) in [6, 6.07) is 3.03. The van der Waals surface area contributed by atoms with E-state index in [1.54, 1.807) is 12.3 Å². The largest absolute Gasteiger partial charge is 0.493 e. The SMILES string of the molecule is COc1cc2c(CCNC(C)=O)c[nH]c2cc1OS(=O)(=O)O.[Na]. The molecule has 0 bridgehead atoms. The van der Waals surface area contributed by atoms with E-state index in [1.165, 1.54) is 20.1 Å². The summed E-state index contributed by atoms with van der Waals surface area (Å²) in [4.78, 5) is 13.9. The Hall–Kier alpha value is -1.26. The first-order chi connectivity index (χ1) is 10.3. The van der Waals surface area contributed by atoms with Gasteiger partial charge in [-0.2, -0.15) is 8.42 Å². The van der Waals surface area contributed by atoms with Crippen molar-refractivity contribution in [2.75, 3.05) is 13.7 Å². The van der Waals surface area contributed by atoms with Crippen molar-refractivity contribution < 1.29 is 26.7 Å². The Morgan fingerprint density at radius 2 is 2.04 bits per heavy atom. The van der Waals surface area contributed by atoms with Crippen LogP contribution in [0.2, 0.25) is 0 Å². The first-order valence-corrected chi connectivity index (χ1v) is 7.76. The van der Waals surface area contributed by atoms with Crippen molar-refractivity contribution in [3.63, 3.8) is 0 Å². The zero-order valence-corrected chi connectivity index (χ0v) is 15.9. The van der Waals surface area contributed by atoms with Gasteiger partial charge in [0.1, 0.15) is 0 Å². The van der Waals surface area contributed by atoms with Crippen LogP contribution in [0, 0.1) is 0 Å². The van der Waals surface area contributed by atoms with Gasteiger partial charge >= 0.3 is 10.4 Å². The summed E-state index contributed by atoms with van der Waals surface area (Å²) >= 11 is 0. The number of methoxy groups -OCH3 is 1. The van der Waals surface area contributed by atoms with Gasteiger partial charge in [-0.3, -0.25) is 9.35 Å². The summed E-state index contributed by atoms with van der Waals surface area (Å²) < 4.78 is 40.0. The zero-order valence-electron chi connectivity index (χ0n) is 13.0. The Balaban J connectivity index is 0.00000264. The Morgan fingerprint density at radius 1 is 1.35 bits per heavy atom.